The van der Waals surface area contributed by atoms with Gasteiger partial charge in [0.2, 0.25) is 0 Å². The standard InChI is InChI=1S/C13H28S2/c1-10(2)7-8-12(9-14-5)13(15-6)11(3)4/h10-13H,7-9H2,1-6H3. The van der Waals surface area contributed by atoms with Gasteiger partial charge in [-0.2, -0.15) is 23.5 Å². The minimum Gasteiger partial charge on any atom is -0.165 e. The molecule has 0 saturated carbocycles. The molecule has 0 heterocycles. The van der Waals surface area contributed by atoms with Gasteiger partial charge in [0.25, 0.3) is 0 Å². The van der Waals surface area contributed by atoms with Crippen LogP contribution in [0, 0.1) is 17.8 Å². The molecule has 2 heteroatoms. The van der Waals surface area contributed by atoms with Gasteiger partial charge in [-0.1, -0.05) is 34.1 Å². The van der Waals surface area contributed by atoms with Crippen LogP contribution in [0.15, 0.2) is 0 Å². The SMILES string of the molecule is CSCC(CCC(C)C)C(SC)C(C)C. The average molecular weight is 249 g/mol. The summed E-state index contributed by atoms with van der Waals surface area (Å²) in [6, 6.07) is 0. The average Bonchev–Trinajstić information content (AvgIpc) is 2.14. The molecule has 0 bridgehead atoms. The smallest absolute Gasteiger partial charge is 0.0103 e. The second kappa shape index (κ2) is 8.81. The Balaban J connectivity index is 4.20. The first-order valence-electron chi connectivity index (χ1n) is 6.04. The van der Waals surface area contributed by atoms with Crippen LogP contribution in [0.2, 0.25) is 0 Å². The Kier molecular flexibility index (Phi) is 9.22. The lowest BCUT2D eigenvalue weighted by atomic mass is 9.91. The highest BCUT2D eigenvalue weighted by Crippen LogP contribution is 2.31. The lowest BCUT2D eigenvalue weighted by Crippen LogP contribution is -2.25. The Morgan fingerprint density at radius 2 is 1.53 bits per heavy atom. The number of rotatable bonds is 8. The van der Waals surface area contributed by atoms with Crippen LogP contribution >= 0.6 is 23.5 Å². The minimum atomic E-state index is 0.810. The van der Waals surface area contributed by atoms with Gasteiger partial charge in [0, 0.05) is 5.25 Å². The van der Waals surface area contributed by atoms with Crippen molar-refractivity contribution >= 4 is 23.5 Å². The zero-order valence-corrected chi connectivity index (χ0v) is 12.9. The summed E-state index contributed by atoms with van der Waals surface area (Å²) >= 11 is 4.07. The Morgan fingerprint density at radius 3 is 1.87 bits per heavy atom. The van der Waals surface area contributed by atoms with Crippen molar-refractivity contribution < 1.29 is 0 Å². The molecule has 0 saturated heterocycles. The van der Waals surface area contributed by atoms with Crippen LogP contribution in [0.5, 0.6) is 0 Å². The second-order valence-electron chi connectivity index (χ2n) is 5.13. The summed E-state index contributed by atoms with van der Waals surface area (Å²) in [7, 11) is 0. The van der Waals surface area contributed by atoms with Crippen molar-refractivity contribution in [3.63, 3.8) is 0 Å². The van der Waals surface area contributed by atoms with Crippen molar-refractivity contribution in [3.8, 4) is 0 Å². The molecule has 2 unspecified atom stereocenters. The van der Waals surface area contributed by atoms with Crippen LogP contribution in [0.1, 0.15) is 40.5 Å². The first-order valence-corrected chi connectivity index (χ1v) is 8.72. The van der Waals surface area contributed by atoms with Gasteiger partial charge in [0.1, 0.15) is 0 Å². The number of hydrogen-bond acceptors (Lipinski definition) is 2. The summed E-state index contributed by atoms with van der Waals surface area (Å²) in [5.74, 6) is 3.89. The van der Waals surface area contributed by atoms with Gasteiger partial charge in [-0.25, -0.2) is 0 Å². The molecule has 0 aromatic carbocycles. The Labute approximate surface area is 105 Å². The van der Waals surface area contributed by atoms with E-state index in [0.717, 1.165) is 23.0 Å². The first kappa shape index (κ1) is 15.7. The molecule has 2 atom stereocenters. The fourth-order valence-corrected chi connectivity index (χ4v) is 4.20. The van der Waals surface area contributed by atoms with E-state index in [1.54, 1.807) is 0 Å². The van der Waals surface area contributed by atoms with E-state index in [1.807, 2.05) is 11.8 Å². The minimum absolute atomic E-state index is 0.810. The van der Waals surface area contributed by atoms with E-state index in [9.17, 15) is 0 Å². The van der Waals surface area contributed by atoms with E-state index in [4.69, 9.17) is 0 Å². The molecule has 0 nitrogen and oxygen atoms in total. The third-order valence-corrected chi connectivity index (χ3v) is 5.12. The monoisotopic (exact) mass is 248 g/mol. The maximum absolute atomic E-state index is 2.36. The van der Waals surface area contributed by atoms with Crippen molar-refractivity contribution in [1.82, 2.24) is 0 Å². The zero-order valence-electron chi connectivity index (χ0n) is 11.2. The van der Waals surface area contributed by atoms with Crippen LogP contribution in [-0.4, -0.2) is 23.5 Å². The fourth-order valence-electron chi connectivity index (χ4n) is 2.11. The van der Waals surface area contributed by atoms with E-state index in [0.29, 0.717) is 0 Å². The molecule has 0 aliphatic rings. The molecule has 0 fully saturated rings. The maximum atomic E-state index is 2.36. The predicted molar refractivity (Wildman–Crippen MR) is 78.1 cm³/mol. The number of hydrogen-bond donors (Lipinski definition) is 0. The van der Waals surface area contributed by atoms with Gasteiger partial charge >= 0.3 is 0 Å². The fraction of sp³-hybridized carbons (Fsp3) is 1.00. The molecular weight excluding hydrogens is 220 g/mol. The van der Waals surface area contributed by atoms with E-state index in [-0.39, 0.29) is 0 Å². The Morgan fingerprint density at radius 1 is 0.933 bits per heavy atom. The molecule has 0 N–H and O–H groups in total. The van der Waals surface area contributed by atoms with Gasteiger partial charge in [-0.05, 0) is 42.4 Å². The Bertz CT molecular complexity index is 143. The first-order chi connectivity index (χ1) is 7.02. The lowest BCUT2D eigenvalue weighted by Gasteiger charge is -2.29. The summed E-state index contributed by atoms with van der Waals surface area (Å²) in [5, 5.41) is 0.844. The Hall–Kier alpha value is 0.700. The van der Waals surface area contributed by atoms with Gasteiger partial charge < -0.3 is 0 Å². The van der Waals surface area contributed by atoms with Crippen LogP contribution < -0.4 is 0 Å². The highest BCUT2D eigenvalue weighted by Gasteiger charge is 2.23. The molecule has 0 rings (SSSR count). The summed E-state index contributed by atoms with van der Waals surface area (Å²) in [5.41, 5.74) is 0. The molecule has 0 amide bonds. The van der Waals surface area contributed by atoms with Crippen LogP contribution in [0.3, 0.4) is 0 Å². The highest BCUT2D eigenvalue weighted by atomic mass is 32.2. The largest absolute Gasteiger partial charge is 0.165 e. The van der Waals surface area contributed by atoms with Crippen molar-refractivity contribution in [3.05, 3.63) is 0 Å². The molecule has 0 aliphatic carbocycles. The summed E-state index contributed by atoms with van der Waals surface area (Å²) in [4.78, 5) is 0. The van der Waals surface area contributed by atoms with Crippen LogP contribution in [-0.2, 0) is 0 Å². The third-order valence-electron chi connectivity index (χ3n) is 2.89. The molecule has 0 aromatic rings. The van der Waals surface area contributed by atoms with E-state index in [2.05, 4.69) is 52.0 Å². The number of thioether (sulfide) groups is 2. The van der Waals surface area contributed by atoms with Gasteiger partial charge in [0.15, 0.2) is 0 Å². The molecule has 15 heavy (non-hydrogen) atoms. The molecule has 0 spiro atoms. The summed E-state index contributed by atoms with van der Waals surface area (Å²) in [6.45, 7) is 9.40. The molecule has 0 aliphatic heterocycles. The van der Waals surface area contributed by atoms with E-state index < -0.39 is 0 Å². The topological polar surface area (TPSA) is 0 Å². The quantitative estimate of drug-likeness (QED) is 0.606. The zero-order chi connectivity index (χ0) is 11.8. The normalized spacial score (nSPS) is 16.0. The second-order valence-corrected chi connectivity index (χ2v) is 7.06. The molecule has 0 radical (unpaired) electrons. The van der Waals surface area contributed by atoms with E-state index in [1.165, 1.54) is 18.6 Å². The molecule has 92 valence electrons. The lowest BCUT2D eigenvalue weighted by molar-refractivity contribution is 0.398. The van der Waals surface area contributed by atoms with Crippen molar-refractivity contribution in [2.24, 2.45) is 17.8 Å². The van der Waals surface area contributed by atoms with Gasteiger partial charge in [-0.15, -0.1) is 0 Å². The van der Waals surface area contributed by atoms with Crippen molar-refractivity contribution in [2.45, 2.75) is 45.8 Å². The van der Waals surface area contributed by atoms with Gasteiger partial charge in [0.05, 0.1) is 0 Å². The summed E-state index contributed by atoms with van der Waals surface area (Å²) < 4.78 is 0. The maximum Gasteiger partial charge on any atom is 0.0103 e. The highest BCUT2D eigenvalue weighted by molar-refractivity contribution is 7.99. The van der Waals surface area contributed by atoms with Crippen molar-refractivity contribution in [2.75, 3.05) is 18.3 Å². The van der Waals surface area contributed by atoms with Crippen LogP contribution in [0.4, 0.5) is 0 Å². The summed E-state index contributed by atoms with van der Waals surface area (Å²) in [6.07, 6.45) is 7.30. The van der Waals surface area contributed by atoms with E-state index >= 15 is 0 Å². The molecular formula is C13H28S2. The van der Waals surface area contributed by atoms with Crippen LogP contribution in [0.25, 0.3) is 0 Å². The van der Waals surface area contributed by atoms with Gasteiger partial charge in [-0.3, -0.25) is 0 Å². The third kappa shape index (κ3) is 6.78. The van der Waals surface area contributed by atoms with Crippen molar-refractivity contribution in [1.29, 1.82) is 0 Å². The predicted octanol–water partition coefficient (Wildman–Crippen LogP) is 4.79. The molecule has 0 aromatic heterocycles.